The topological polar surface area (TPSA) is 67.9 Å². The largest absolute Gasteiger partial charge is 0.449 e. The van der Waals surface area contributed by atoms with Gasteiger partial charge in [-0.25, -0.2) is 9.59 Å². The number of nitrogens with zero attached hydrogens (tertiary/aromatic N) is 1. The standard InChI is InChI=1S/C15H30N2O4/c1-6-10-15(5,11-20-13(18)16-7-2)12-21-14(19)17(8-3)9-4/h6-12H2,1-5H3,(H,16,18). The lowest BCUT2D eigenvalue weighted by Crippen LogP contribution is -2.37. The molecule has 1 atom stereocenters. The van der Waals surface area contributed by atoms with Gasteiger partial charge in [-0.15, -0.1) is 0 Å². The van der Waals surface area contributed by atoms with Gasteiger partial charge in [-0.1, -0.05) is 20.3 Å². The zero-order valence-corrected chi connectivity index (χ0v) is 14.0. The molecule has 124 valence electrons. The lowest BCUT2D eigenvalue weighted by atomic mass is 9.87. The number of hydrogen-bond donors (Lipinski definition) is 1. The number of carbonyl (C=O) groups is 2. The van der Waals surface area contributed by atoms with Crippen LogP contribution in [0.15, 0.2) is 0 Å². The predicted molar refractivity (Wildman–Crippen MR) is 82.3 cm³/mol. The van der Waals surface area contributed by atoms with Gasteiger partial charge >= 0.3 is 12.2 Å². The van der Waals surface area contributed by atoms with Gasteiger partial charge in [-0.3, -0.25) is 0 Å². The SMILES string of the molecule is CCCC(C)(COC(=O)NCC)COC(=O)N(CC)CC. The Kier molecular flexibility index (Phi) is 9.58. The average Bonchev–Trinajstić information content (AvgIpc) is 2.45. The van der Waals surface area contributed by atoms with Crippen molar-refractivity contribution >= 4 is 12.2 Å². The van der Waals surface area contributed by atoms with E-state index in [2.05, 4.69) is 12.2 Å². The van der Waals surface area contributed by atoms with E-state index >= 15 is 0 Å². The molecule has 0 saturated heterocycles. The van der Waals surface area contributed by atoms with E-state index in [1.807, 2.05) is 27.7 Å². The summed E-state index contributed by atoms with van der Waals surface area (Å²) in [6.45, 7) is 11.9. The summed E-state index contributed by atoms with van der Waals surface area (Å²) in [7, 11) is 0. The van der Waals surface area contributed by atoms with Crippen molar-refractivity contribution in [3.8, 4) is 0 Å². The number of nitrogens with one attached hydrogen (secondary N) is 1. The molecule has 0 aliphatic heterocycles. The second-order valence-electron chi connectivity index (χ2n) is 5.39. The van der Waals surface area contributed by atoms with Crippen LogP contribution in [0.1, 0.15) is 47.5 Å². The monoisotopic (exact) mass is 302 g/mol. The molecule has 6 nitrogen and oxygen atoms in total. The Labute approximate surface area is 128 Å². The van der Waals surface area contributed by atoms with Crippen LogP contribution in [0.4, 0.5) is 9.59 Å². The molecule has 0 fully saturated rings. The van der Waals surface area contributed by atoms with Gasteiger partial charge in [-0.05, 0) is 27.2 Å². The Morgan fingerprint density at radius 3 is 2.10 bits per heavy atom. The fourth-order valence-electron chi connectivity index (χ4n) is 2.03. The Morgan fingerprint density at radius 2 is 1.62 bits per heavy atom. The van der Waals surface area contributed by atoms with Crippen molar-refractivity contribution in [3.63, 3.8) is 0 Å². The number of ether oxygens (including phenoxy) is 2. The van der Waals surface area contributed by atoms with E-state index in [-0.39, 0.29) is 24.7 Å². The number of amides is 2. The highest BCUT2D eigenvalue weighted by molar-refractivity contribution is 5.67. The van der Waals surface area contributed by atoms with E-state index in [1.54, 1.807) is 4.90 Å². The van der Waals surface area contributed by atoms with Crippen LogP contribution in [-0.2, 0) is 9.47 Å². The first-order chi connectivity index (χ1) is 9.92. The second kappa shape index (κ2) is 10.3. The molecule has 1 unspecified atom stereocenters. The van der Waals surface area contributed by atoms with E-state index in [0.717, 1.165) is 12.8 Å². The molecular formula is C15H30N2O4. The van der Waals surface area contributed by atoms with Crippen LogP contribution < -0.4 is 5.32 Å². The zero-order valence-electron chi connectivity index (χ0n) is 14.0. The van der Waals surface area contributed by atoms with Gasteiger partial charge in [0.1, 0.15) is 13.2 Å². The molecule has 1 N–H and O–H groups in total. The van der Waals surface area contributed by atoms with Gasteiger partial charge in [-0.2, -0.15) is 0 Å². The highest BCUT2D eigenvalue weighted by Gasteiger charge is 2.28. The summed E-state index contributed by atoms with van der Waals surface area (Å²) in [4.78, 5) is 24.9. The third-order valence-electron chi connectivity index (χ3n) is 3.29. The maximum Gasteiger partial charge on any atom is 0.409 e. The van der Waals surface area contributed by atoms with Crippen molar-refractivity contribution in [2.45, 2.75) is 47.5 Å². The average molecular weight is 302 g/mol. The van der Waals surface area contributed by atoms with Crippen LogP contribution in [0.2, 0.25) is 0 Å². The summed E-state index contributed by atoms with van der Waals surface area (Å²) in [5.74, 6) is 0. The fraction of sp³-hybridized carbons (Fsp3) is 0.867. The van der Waals surface area contributed by atoms with Crippen molar-refractivity contribution in [1.82, 2.24) is 10.2 Å². The molecule has 0 heterocycles. The number of alkyl carbamates (subject to hydrolysis) is 1. The summed E-state index contributed by atoms with van der Waals surface area (Å²) in [5, 5.41) is 2.58. The van der Waals surface area contributed by atoms with E-state index < -0.39 is 6.09 Å². The van der Waals surface area contributed by atoms with Gasteiger partial charge in [0, 0.05) is 25.0 Å². The van der Waals surface area contributed by atoms with Gasteiger partial charge in [0.25, 0.3) is 0 Å². The lowest BCUT2D eigenvalue weighted by Gasteiger charge is -2.29. The maximum atomic E-state index is 11.9. The van der Waals surface area contributed by atoms with Crippen LogP contribution in [-0.4, -0.2) is 49.9 Å². The van der Waals surface area contributed by atoms with Crippen molar-refractivity contribution in [3.05, 3.63) is 0 Å². The number of rotatable bonds is 9. The van der Waals surface area contributed by atoms with E-state index in [0.29, 0.717) is 19.6 Å². The molecule has 21 heavy (non-hydrogen) atoms. The molecule has 0 saturated carbocycles. The summed E-state index contributed by atoms with van der Waals surface area (Å²) in [5.41, 5.74) is -0.358. The van der Waals surface area contributed by atoms with Crippen molar-refractivity contribution < 1.29 is 19.1 Å². The molecule has 0 aromatic heterocycles. The molecule has 0 bridgehead atoms. The molecular weight excluding hydrogens is 272 g/mol. The Morgan fingerprint density at radius 1 is 1.05 bits per heavy atom. The first kappa shape index (κ1) is 19.5. The Balaban J connectivity index is 4.44. The van der Waals surface area contributed by atoms with Crippen molar-refractivity contribution in [1.29, 1.82) is 0 Å². The predicted octanol–water partition coefficient (Wildman–Crippen LogP) is 3.02. The smallest absolute Gasteiger partial charge is 0.409 e. The van der Waals surface area contributed by atoms with Gasteiger partial charge in [0.05, 0.1) is 0 Å². The molecule has 0 aromatic rings. The van der Waals surface area contributed by atoms with Crippen LogP contribution in [0, 0.1) is 5.41 Å². The van der Waals surface area contributed by atoms with E-state index in [9.17, 15) is 9.59 Å². The third kappa shape index (κ3) is 7.78. The third-order valence-corrected chi connectivity index (χ3v) is 3.29. The van der Waals surface area contributed by atoms with E-state index in [1.165, 1.54) is 0 Å². The minimum atomic E-state index is -0.435. The minimum absolute atomic E-state index is 0.234. The molecule has 6 heteroatoms. The van der Waals surface area contributed by atoms with Gasteiger partial charge in [0.2, 0.25) is 0 Å². The Bertz CT molecular complexity index is 319. The first-order valence-corrected chi connectivity index (χ1v) is 7.74. The molecule has 0 rings (SSSR count). The number of carbonyl (C=O) groups excluding carboxylic acids is 2. The van der Waals surface area contributed by atoms with Crippen LogP contribution in [0.25, 0.3) is 0 Å². The van der Waals surface area contributed by atoms with Crippen LogP contribution >= 0.6 is 0 Å². The molecule has 2 amide bonds. The highest BCUT2D eigenvalue weighted by Crippen LogP contribution is 2.24. The molecule has 0 radical (unpaired) electrons. The van der Waals surface area contributed by atoms with Crippen LogP contribution in [0.3, 0.4) is 0 Å². The summed E-state index contributed by atoms with van der Waals surface area (Å²) >= 11 is 0. The summed E-state index contributed by atoms with van der Waals surface area (Å²) in [6, 6.07) is 0. The summed E-state index contributed by atoms with van der Waals surface area (Å²) < 4.78 is 10.6. The lowest BCUT2D eigenvalue weighted by molar-refractivity contribution is 0.0200. The zero-order chi connectivity index (χ0) is 16.3. The van der Waals surface area contributed by atoms with Crippen LogP contribution in [0.5, 0.6) is 0 Å². The van der Waals surface area contributed by atoms with Crippen molar-refractivity contribution in [2.75, 3.05) is 32.8 Å². The molecule has 0 aliphatic carbocycles. The quantitative estimate of drug-likeness (QED) is 0.711. The molecule has 0 aromatic carbocycles. The van der Waals surface area contributed by atoms with E-state index in [4.69, 9.17) is 9.47 Å². The number of hydrogen-bond acceptors (Lipinski definition) is 4. The fourth-order valence-corrected chi connectivity index (χ4v) is 2.03. The van der Waals surface area contributed by atoms with Crippen molar-refractivity contribution in [2.24, 2.45) is 5.41 Å². The summed E-state index contributed by atoms with van der Waals surface area (Å²) in [6.07, 6.45) is 0.992. The van der Waals surface area contributed by atoms with Gasteiger partial charge < -0.3 is 19.7 Å². The Hall–Kier alpha value is -1.46. The molecule has 0 spiro atoms. The first-order valence-electron chi connectivity index (χ1n) is 7.74. The second-order valence-corrected chi connectivity index (χ2v) is 5.39. The maximum absolute atomic E-state index is 11.9. The van der Waals surface area contributed by atoms with Gasteiger partial charge in [0.15, 0.2) is 0 Å². The molecule has 0 aliphatic rings. The normalized spacial score (nSPS) is 13.2. The minimum Gasteiger partial charge on any atom is -0.449 e. The highest BCUT2D eigenvalue weighted by atomic mass is 16.6.